The highest BCUT2D eigenvalue weighted by molar-refractivity contribution is 5.96. The predicted octanol–water partition coefficient (Wildman–Crippen LogP) is -0.298. The van der Waals surface area contributed by atoms with Crippen molar-refractivity contribution in [2.45, 2.75) is 37.3 Å². The van der Waals surface area contributed by atoms with Crippen molar-refractivity contribution in [3.8, 4) is 0 Å². The minimum Gasteiger partial charge on any atom is -0.339 e. The molecule has 1 aliphatic heterocycles. The Morgan fingerprint density at radius 2 is 2.10 bits per heavy atom. The molecule has 3 fully saturated rings. The normalized spacial score (nSPS) is 27.6. The summed E-state index contributed by atoms with van der Waals surface area (Å²) in [5.74, 6) is 0.498. The Hall–Kier alpha value is -2.18. The summed E-state index contributed by atoms with van der Waals surface area (Å²) in [5, 5.41) is 0. The number of nitrogens with zero attached hydrogens (tertiary/aromatic N) is 3. The van der Waals surface area contributed by atoms with Gasteiger partial charge in [-0.3, -0.25) is 14.4 Å². The lowest BCUT2D eigenvalue weighted by molar-refractivity contribution is -0.133. The van der Waals surface area contributed by atoms with E-state index in [4.69, 9.17) is 0 Å². The van der Waals surface area contributed by atoms with E-state index in [0.717, 1.165) is 19.3 Å². The van der Waals surface area contributed by atoms with E-state index in [1.54, 1.807) is 16.8 Å². The molecule has 7 heteroatoms. The maximum atomic E-state index is 12.6. The van der Waals surface area contributed by atoms with Crippen LogP contribution in [-0.2, 0) is 4.79 Å². The van der Waals surface area contributed by atoms with Gasteiger partial charge in [0.2, 0.25) is 5.91 Å². The van der Waals surface area contributed by atoms with Crippen LogP contribution in [0, 0.1) is 0 Å². The van der Waals surface area contributed by atoms with E-state index >= 15 is 0 Å². The molecule has 21 heavy (non-hydrogen) atoms. The van der Waals surface area contributed by atoms with Crippen molar-refractivity contribution in [2.75, 3.05) is 13.6 Å². The molecule has 3 aliphatic rings. The lowest BCUT2D eigenvalue weighted by atomic mass is 10.2. The van der Waals surface area contributed by atoms with Gasteiger partial charge in [-0.25, -0.2) is 4.98 Å². The third-order valence-electron chi connectivity index (χ3n) is 4.52. The fraction of sp³-hybridized carbons (Fsp3) is 0.571. The van der Waals surface area contributed by atoms with Gasteiger partial charge in [0.05, 0.1) is 12.1 Å². The number of hydrogen-bond acceptors (Lipinski definition) is 4. The summed E-state index contributed by atoms with van der Waals surface area (Å²) in [6.07, 6.45) is 2.81. The lowest BCUT2D eigenvalue weighted by Gasteiger charge is -2.31. The molecule has 2 amide bonds. The van der Waals surface area contributed by atoms with Crippen molar-refractivity contribution in [1.82, 2.24) is 19.8 Å². The first kappa shape index (κ1) is 12.6. The van der Waals surface area contributed by atoms with Crippen LogP contribution >= 0.6 is 0 Å². The quantitative estimate of drug-likeness (QED) is 0.809. The van der Waals surface area contributed by atoms with Crippen LogP contribution in [0.3, 0.4) is 0 Å². The van der Waals surface area contributed by atoms with Gasteiger partial charge in [-0.2, -0.15) is 0 Å². The van der Waals surface area contributed by atoms with E-state index in [-0.39, 0.29) is 47.6 Å². The highest BCUT2D eigenvalue weighted by Crippen LogP contribution is 2.38. The van der Waals surface area contributed by atoms with E-state index in [0.29, 0.717) is 5.82 Å². The minimum absolute atomic E-state index is 0.0608. The van der Waals surface area contributed by atoms with Crippen LogP contribution in [0.2, 0.25) is 0 Å². The summed E-state index contributed by atoms with van der Waals surface area (Å²) in [7, 11) is 1.77. The molecular formula is C14H16N4O3. The Morgan fingerprint density at radius 3 is 2.81 bits per heavy atom. The Bertz CT molecular complexity index is 694. The number of carbonyl (C=O) groups excluding carboxylic acids is 2. The van der Waals surface area contributed by atoms with E-state index in [2.05, 4.69) is 9.97 Å². The van der Waals surface area contributed by atoms with E-state index < -0.39 is 0 Å². The summed E-state index contributed by atoms with van der Waals surface area (Å²) in [5.41, 5.74) is -0.147. The molecule has 0 aromatic carbocycles. The standard InChI is InChI=1S/C14H16N4O3/c1-17-9-5-10(9)18(6-12(17)20)14(21)8-4-11(19)16-13(15-8)7-2-3-7/h4,7,9-10H,2-3,5-6H2,1H3,(H,15,16,19)/t9-,10+/m1/s1. The third-order valence-corrected chi connectivity index (χ3v) is 4.52. The molecule has 2 heterocycles. The number of piperazine rings is 1. The molecule has 1 aromatic heterocycles. The number of likely N-dealkylation sites (N-methyl/N-ethyl adjacent to an activating group) is 1. The number of rotatable bonds is 2. The molecule has 1 saturated heterocycles. The lowest BCUT2D eigenvalue weighted by Crippen LogP contribution is -2.51. The number of nitrogens with one attached hydrogen (secondary N) is 1. The molecule has 1 aromatic rings. The molecular weight excluding hydrogens is 272 g/mol. The maximum Gasteiger partial charge on any atom is 0.273 e. The molecule has 1 N–H and O–H groups in total. The first-order valence-electron chi connectivity index (χ1n) is 7.22. The second-order valence-electron chi connectivity index (χ2n) is 6.10. The van der Waals surface area contributed by atoms with Crippen LogP contribution in [0.4, 0.5) is 0 Å². The van der Waals surface area contributed by atoms with E-state index in [1.807, 2.05) is 0 Å². The average Bonchev–Trinajstić information content (AvgIpc) is 3.34. The fourth-order valence-electron chi connectivity index (χ4n) is 2.99. The highest BCUT2D eigenvalue weighted by atomic mass is 16.2. The van der Waals surface area contributed by atoms with Gasteiger partial charge in [0.15, 0.2) is 0 Å². The molecule has 0 unspecified atom stereocenters. The molecule has 110 valence electrons. The highest BCUT2D eigenvalue weighted by Gasteiger charge is 2.52. The Balaban J connectivity index is 1.63. The van der Waals surface area contributed by atoms with Crippen LogP contribution in [-0.4, -0.2) is 57.3 Å². The van der Waals surface area contributed by atoms with Crippen LogP contribution in [0.1, 0.15) is 41.5 Å². The van der Waals surface area contributed by atoms with Crippen molar-refractivity contribution in [3.63, 3.8) is 0 Å². The van der Waals surface area contributed by atoms with Crippen molar-refractivity contribution in [1.29, 1.82) is 0 Å². The van der Waals surface area contributed by atoms with Gasteiger partial charge in [-0.1, -0.05) is 0 Å². The summed E-state index contributed by atoms with van der Waals surface area (Å²) in [4.78, 5) is 46.4. The SMILES string of the molecule is CN1C(=O)CN(C(=O)c2cc(=O)[nH]c(C3CC3)n2)[C@H]2C[C@H]21. The molecule has 2 aliphatic carbocycles. The summed E-state index contributed by atoms with van der Waals surface area (Å²) < 4.78 is 0. The van der Waals surface area contributed by atoms with Crippen LogP contribution in [0.5, 0.6) is 0 Å². The van der Waals surface area contributed by atoms with Crippen molar-refractivity contribution in [3.05, 3.63) is 27.9 Å². The first-order valence-corrected chi connectivity index (χ1v) is 7.22. The molecule has 4 rings (SSSR count). The molecule has 0 radical (unpaired) electrons. The number of carbonyl (C=O) groups is 2. The fourth-order valence-corrected chi connectivity index (χ4v) is 2.99. The van der Waals surface area contributed by atoms with Gasteiger partial charge < -0.3 is 14.8 Å². The molecule has 7 nitrogen and oxygen atoms in total. The van der Waals surface area contributed by atoms with Gasteiger partial charge in [0.25, 0.3) is 11.5 Å². The third kappa shape index (κ3) is 2.03. The number of hydrogen-bond donors (Lipinski definition) is 1. The Labute approximate surface area is 121 Å². The molecule has 2 saturated carbocycles. The van der Waals surface area contributed by atoms with Gasteiger partial charge >= 0.3 is 0 Å². The Morgan fingerprint density at radius 1 is 1.33 bits per heavy atom. The summed E-state index contributed by atoms with van der Waals surface area (Å²) in [6, 6.07) is 1.43. The molecule has 2 atom stereocenters. The smallest absolute Gasteiger partial charge is 0.273 e. The topological polar surface area (TPSA) is 86.4 Å². The number of aromatic amines is 1. The maximum absolute atomic E-state index is 12.6. The average molecular weight is 288 g/mol. The second kappa shape index (κ2) is 4.16. The van der Waals surface area contributed by atoms with Gasteiger partial charge in [0.1, 0.15) is 18.1 Å². The van der Waals surface area contributed by atoms with E-state index in [9.17, 15) is 14.4 Å². The van der Waals surface area contributed by atoms with Crippen molar-refractivity contribution < 1.29 is 9.59 Å². The van der Waals surface area contributed by atoms with Crippen molar-refractivity contribution in [2.24, 2.45) is 0 Å². The number of fused-ring (bicyclic) bond motifs is 1. The van der Waals surface area contributed by atoms with E-state index in [1.165, 1.54) is 6.07 Å². The number of aromatic nitrogens is 2. The first-order chi connectivity index (χ1) is 10.0. The van der Waals surface area contributed by atoms with Crippen molar-refractivity contribution >= 4 is 11.8 Å². The van der Waals surface area contributed by atoms with Gasteiger partial charge in [0, 0.05) is 19.0 Å². The summed E-state index contributed by atoms with van der Waals surface area (Å²) >= 11 is 0. The summed E-state index contributed by atoms with van der Waals surface area (Å²) in [6.45, 7) is 0.0732. The van der Waals surface area contributed by atoms with Gasteiger partial charge in [-0.05, 0) is 19.3 Å². The zero-order valence-corrected chi connectivity index (χ0v) is 11.7. The molecule has 0 spiro atoms. The van der Waals surface area contributed by atoms with Crippen LogP contribution in [0.15, 0.2) is 10.9 Å². The minimum atomic E-state index is -0.308. The monoisotopic (exact) mass is 288 g/mol. The number of H-pyrrole nitrogens is 1. The number of amides is 2. The predicted molar refractivity (Wildman–Crippen MR) is 72.8 cm³/mol. The zero-order valence-electron chi connectivity index (χ0n) is 11.7. The van der Waals surface area contributed by atoms with Crippen LogP contribution < -0.4 is 5.56 Å². The Kier molecular flexibility index (Phi) is 2.49. The van der Waals surface area contributed by atoms with Crippen LogP contribution in [0.25, 0.3) is 0 Å². The largest absolute Gasteiger partial charge is 0.339 e. The van der Waals surface area contributed by atoms with Gasteiger partial charge in [-0.15, -0.1) is 0 Å². The second-order valence-corrected chi connectivity index (χ2v) is 6.10. The molecule has 0 bridgehead atoms. The zero-order chi connectivity index (χ0) is 14.7.